The van der Waals surface area contributed by atoms with E-state index in [1.54, 1.807) is 23.1 Å². The third kappa shape index (κ3) is 4.39. The Kier molecular flexibility index (Phi) is 6.76. The third-order valence-electron chi connectivity index (χ3n) is 3.98. The molecule has 3 rings (SSSR count). The normalized spacial score (nSPS) is 12.1. The molecule has 8 heteroatoms. The predicted molar refractivity (Wildman–Crippen MR) is 105 cm³/mol. The van der Waals surface area contributed by atoms with Crippen LogP contribution in [0.5, 0.6) is 11.5 Å². The number of carbonyl (C=O) groups is 2. The van der Waals surface area contributed by atoms with Crippen molar-refractivity contribution in [1.82, 2.24) is 0 Å². The molecule has 0 unspecified atom stereocenters. The van der Waals surface area contributed by atoms with Crippen molar-refractivity contribution in [1.29, 1.82) is 0 Å². The molecule has 0 amide bonds. The SMILES string of the molecule is CCCOC(=O)C(C(=O)OCCC)N(c1ccc2c(c1)OCO2)c1cccs1. The van der Waals surface area contributed by atoms with Crippen LogP contribution in [0.15, 0.2) is 35.7 Å². The van der Waals surface area contributed by atoms with E-state index in [9.17, 15) is 9.59 Å². The largest absolute Gasteiger partial charge is 0.464 e. The number of hydrogen-bond donors (Lipinski definition) is 0. The first-order valence-corrected chi connectivity index (χ1v) is 10.1. The molecule has 0 fully saturated rings. The van der Waals surface area contributed by atoms with E-state index in [0.29, 0.717) is 35.0 Å². The second-order valence-electron chi connectivity index (χ2n) is 6.10. The van der Waals surface area contributed by atoms with Crippen LogP contribution in [0.3, 0.4) is 0 Å². The predicted octanol–water partition coefficient (Wildman–Crippen LogP) is 3.89. The number of thiophene rings is 1. The lowest BCUT2D eigenvalue weighted by Crippen LogP contribution is -2.46. The van der Waals surface area contributed by atoms with Crippen molar-refractivity contribution in [2.24, 2.45) is 0 Å². The number of anilines is 2. The van der Waals surface area contributed by atoms with Gasteiger partial charge in [-0.2, -0.15) is 0 Å². The van der Waals surface area contributed by atoms with Gasteiger partial charge in [0, 0.05) is 11.8 Å². The molecule has 0 radical (unpaired) electrons. The van der Waals surface area contributed by atoms with Crippen LogP contribution in [0.25, 0.3) is 0 Å². The van der Waals surface area contributed by atoms with Gasteiger partial charge in [0.2, 0.25) is 12.8 Å². The number of nitrogens with zero attached hydrogens (tertiary/aromatic N) is 1. The van der Waals surface area contributed by atoms with Gasteiger partial charge < -0.3 is 23.8 Å². The Morgan fingerprint density at radius 1 is 1.07 bits per heavy atom. The van der Waals surface area contributed by atoms with E-state index in [-0.39, 0.29) is 20.0 Å². The molecule has 1 aromatic carbocycles. The molecule has 0 N–H and O–H groups in total. The standard InChI is InChI=1S/C20H23NO6S/c1-3-9-24-19(22)18(20(23)25-10-4-2)21(17-6-5-11-28-17)14-7-8-15-16(12-14)27-13-26-15/h5-8,11-12,18H,3-4,9-10,13H2,1-2H3. The summed E-state index contributed by atoms with van der Waals surface area (Å²) in [5.41, 5.74) is 0.610. The molecular weight excluding hydrogens is 382 g/mol. The van der Waals surface area contributed by atoms with E-state index in [1.807, 2.05) is 31.4 Å². The van der Waals surface area contributed by atoms with Gasteiger partial charge in [0.15, 0.2) is 11.5 Å². The van der Waals surface area contributed by atoms with Crippen LogP contribution >= 0.6 is 11.3 Å². The molecule has 28 heavy (non-hydrogen) atoms. The monoisotopic (exact) mass is 405 g/mol. The molecule has 7 nitrogen and oxygen atoms in total. The second-order valence-corrected chi connectivity index (χ2v) is 7.02. The van der Waals surface area contributed by atoms with Gasteiger partial charge >= 0.3 is 11.9 Å². The molecule has 150 valence electrons. The fourth-order valence-electron chi connectivity index (χ4n) is 2.72. The fourth-order valence-corrected chi connectivity index (χ4v) is 3.49. The number of benzene rings is 1. The first-order valence-electron chi connectivity index (χ1n) is 9.21. The molecule has 0 aliphatic carbocycles. The van der Waals surface area contributed by atoms with E-state index in [4.69, 9.17) is 18.9 Å². The van der Waals surface area contributed by atoms with E-state index in [2.05, 4.69) is 0 Å². The minimum absolute atomic E-state index is 0.137. The Morgan fingerprint density at radius 2 is 1.75 bits per heavy atom. The molecule has 2 heterocycles. The highest BCUT2D eigenvalue weighted by atomic mass is 32.1. The molecule has 0 saturated carbocycles. The molecule has 1 aliphatic rings. The quantitative estimate of drug-likeness (QED) is 0.463. The van der Waals surface area contributed by atoms with Crippen LogP contribution in [0.1, 0.15) is 26.7 Å². The molecule has 0 atom stereocenters. The van der Waals surface area contributed by atoms with Crippen molar-refractivity contribution in [3.63, 3.8) is 0 Å². The number of fused-ring (bicyclic) bond motifs is 1. The van der Waals surface area contributed by atoms with E-state index >= 15 is 0 Å². The van der Waals surface area contributed by atoms with Crippen molar-refractivity contribution >= 4 is 34.0 Å². The molecule has 0 saturated heterocycles. The van der Waals surface area contributed by atoms with Gasteiger partial charge in [0.05, 0.1) is 18.2 Å². The van der Waals surface area contributed by atoms with Crippen molar-refractivity contribution < 1.29 is 28.5 Å². The van der Waals surface area contributed by atoms with Crippen molar-refractivity contribution in [3.05, 3.63) is 35.7 Å². The minimum atomic E-state index is -1.25. The van der Waals surface area contributed by atoms with Crippen LogP contribution in [-0.2, 0) is 19.1 Å². The maximum absolute atomic E-state index is 12.8. The summed E-state index contributed by atoms with van der Waals surface area (Å²) in [5, 5.41) is 2.59. The molecule has 1 aliphatic heterocycles. The summed E-state index contributed by atoms with van der Waals surface area (Å²) in [6, 6.07) is 7.71. The van der Waals surface area contributed by atoms with Gasteiger partial charge in [-0.3, -0.25) is 0 Å². The van der Waals surface area contributed by atoms with Gasteiger partial charge in [-0.15, -0.1) is 11.3 Å². The van der Waals surface area contributed by atoms with Crippen LogP contribution in [0.4, 0.5) is 10.7 Å². The summed E-state index contributed by atoms with van der Waals surface area (Å²) in [6.45, 7) is 4.39. The summed E-state index contributed by atoms with van der Waals surface area (Å²) in [4.78, 5) is 27.3. The molecule has 2 aromatic rings. The van der Waals surface area contributed by atoms with Crippen molar-refractivity contribution in [2.75, 3.05) is 24.9 Å². The first kappa shape index (κ1) is 20.0. The Morgan fingerprint density at radius 3 is 2.36 bits per heavy atom. The van der Waals surface area contributed by atoms with Gasteiger partial charge in [0.25, 0.3) is 0 Å². The topological polar surface area (TPSA) is 74.3 Å². The summed E-state index contributed by atoms with van der Waals surface area (Å²) < 4.78 is 21.5. The Balaban J connectivity index is 2.01. The fraction of sp³-hybridized carbons (Fsp3) is 0.400. The lowest BCUT2D eigenvalue weighted by molar-refractivity contribution is -0.156. The number of rotatable bonds is 9. The number of ether oxygens (including phenoxy) is 4. The first-order chi connectivity index (χ1) is 13.7. The maximum atomic E-state index is 12.8. The van der Waals surface area contributed by atoms with Crippen LogP contribution in [0, 0.1) is 0 Å². The van der Waals surface area contributed by atoms with Crippen LogP contribution in [-0.4, -0.2) is 38.0 Å². The van der Waals surface area contributed by atoms with Gasteiger partial charge in [0.1, 0.15) is 0 Å². The van der Waals surface area contributed by atoms with Crippen LogP contribution < -0.4 is 14.4 Å². The molecule has 0 bridgehead atoms. The summed E-state index contributed by atoms with van der Waals surface area (Å²) >= 11 is 1.41. The zero-order valence-electron chi connectivity index (χ0n) is 15.9. The third-order valence-corrected chi connectivity index (χ3v) is 4.85. The lowest BCUT2D eigenvalue weighted by atomic mass is 10.2. The smallest absolute Gasteiger partial charge is 0.340 e. The zero-order valence-corrected chi connectivity index (χ0v) is 16.7. The molecular formula is C20H23NO6S. The van der Waals surface area contributed by atoms with Crippen molar-refractivity contribution in [3.8, 4) is 11.5 Å². The lowest BCUT2D eigenvalue weighted by Gasteiger charge is -2.29. The highest BCUT2D eigenvalue weighted by Gasteiger charge is 2.38. The Labute approximate surface area is 167 Å². The van der Waals surface area contributed by atoms with Crippen molar-refractivity contribution in [2.45, 2.75) is 32.7 Å². The zero-order chi connectivity index (χ0) is 19.9. The Hall–Kier alpha value is -2.74. The van der Waals surface area contributed by atoms with Gasteiger partial charge in [-0.1, -0.05) is 13.8 Å². The summed E-state index contributed by atoms with van der Waals surface area (Å²) in [5.74, 6) is -0.113. The Bertz CT molecular complexity index is 787. The maximum Gasteiger partial charge on any atom is 0.340 e. The number of hydrogen-bond acceptors (Lipinski definition) is 8. The summed E-state index contributed by atoms with van der Waals surface area (Å²) in [6.07, 6.45) is 1.32. The molecule has 1 aromatic heterocycles. The summed E-state index contributed by atoms with van der Waals surface area (Å²) in [7, 11) is 0. The average molecular weight is 405 g/mol. The van der Waals surface area contributed by atoms with E-state index < -0.39 is 18.0 Å². The minimum Gasteiger partial charge on any atom is -0.464 e. The number of esters is 2. The highest BCUT2D eigenvalue weighted by molar-refractivity contribution is 7.14. The van der Waals surface area contributed by atoms with E-state index in [1.165, 1.54) is 11.3 Å². The van der Waals surface area contributed by atoms with Crippen LogP contribution in [0.2, 0.25) is 0 Å². The number of carbonyl (C=O) groups excluding carboxylic acids is 2. The highest BCUT2D eigenvalue weighted by Crippen LogP contribution is 2.40. The second kappa shape index (κ2) is 9.45. The van der Waals surface area contributed by atoms with Gasteiger partial charge in [-0.05, 0) is 42.5 Å². The van der Waals surface area contributed by atoms with Gasteiger partial charge in [-0.25, -0.2) is 9.59 Å². The van der Waals surface area contributed by atoms with E-state index in [0.717, 1.165) is 0 Å². The molecule has 0 spiro atoms. The average Bonchev–Trinajstić information content (AvgIpc) is 3.39.